The second kappa shape index (κ2) is 4.82. The normalized spacial score (nSPS) is 18.9. The fourth-order valence-corrected chi connectivity index (χ4v) is 3.49. The van der Waals surface area contributed by atoms with Gasteiger partial charge >= 0.3 is 0 Å². The van der Waals surface area contributed by atoms with E-state index >= 15 is 0 Å². The molecule has 0 bridgehead atoms. The van der Waals surface area contributed by atoms with E-state index in [0.29, 0.717) is 6.54 Å². The van der Waals surface area contributed by atoms with Crippen LogP contribution in [0.15, 0.2) is 24.4 Å². The largest absolute Gasteiger partial charge is 0.381 e. The third-order valence-electron chi connectivity index (χ3n) is 4.36. The summed E-state index contributed by atoms with van der Waals surface area (Å²) in [7, 11) is 2.04. The van der Waals surface area contributed by atoms with Crippen LogP contribution >= 0.6 is 11.6 Å². The van der Waals surface area contributed by atoms with Crippen LogP contribution in [0.3, 0.4) is 0 Å². The van der Waals surface area contributed by atoms with Gasteiger partial charge in [-0.15, -0.1) is 0 Å². The lowest BCUT2D eigenvalue weighted by Crippen LogP contribution is -2.40. The number of nitrogens with zero attached hydrogens (tertiary/aromatic N) is 1. The van der Waals surface area contributed by atoms with Crippen LogP contribution in [0.25, 0.3) is 10.9 Å². The Kier molecular flexibility index (Phi) is 3.29. The van der Waals surface area contributed by atoms with Crippen LogP contribution in [0.2, 0.25) is 5.02 Å². The summed E-state index contributed by atoms with van der Waals surface area (Å²) in [6.45, 7) is 2.23. The van der Waals surface area contributed by atoms with Crippen molar-refractivity contribution in [2.75, 3.05) is 19.8 Å². The Morgan fingerprint density at radius 1 is 1.37 bits per heavy atom. The molecule has 1 fully saturated rings. The first kappa shape index (κ1) is 13.0. The third-order valence-corrected chi connectivity index (χ3v) is 4.67. The van der Waals surface area contributed by atoms with Crippen molar-refractivity contribution in [1.29, 1.82) is 0 Å². The molecule has 0 saturated carbocycles. The van der Waals surface area contributed by atoms with Gasteiger partial charge in [-0.05, 0) is 24.5 Å². The van der Waals surface area contributed by atoms with E-state index in [1.54, 1.807) is 0 Å². The predicted molar refractivity (Wildman–Crippen MR) is 78.7 cm³/mol. The van der Waals surface area contributed by atoms with E-state index in [4.69, 9.17) is 22.1 Å². The van der Waals surface area contributed by atoms with Crippen molar-refractivity contribution in [3.63, 3.8) is 0 Å². The molecule has 0 unspecified atom stereocenters. The molecule has 0 spiro atoms. The number of rotatable bonds is 2. The number of benzene rings is 1. The highest BCUT2D eigenvalue weighted by atomic mass is 35.5. The lowest BCUT2D eigenvalue weighted by Gasteiger charge is -2.36. The van der Waals surface area contributed by atoms with Gasteiger partial charge in [0, 0.05) is 43.8 Å². The van der Waals surface area contributed by atoms with Gasteiger partial charge in [0.2, 0.25) is 0 Å². The number of fused-ring (bicyclic) bond motifs is 1. The van der Waals surface area contributed by atoms with Crippen LogP contribution in [0.5, 0.6) is 0 Å². The number of aryl methyl sites for hydroxylation is 1. The van der Waals surface area contributed by atoms with Crippen molar-refractivity contribution in [3.05, 3.63) is 35.0 Å². The van der Waals surface area contributed by atoms with Gasteiger partial charge in [-0.3, -0.25) is 0 Å². The number of ether oxygens (including phenoxy) is 1. The maximum Gasteiger partial charge on any atom is 0.0670 e. The molecule has 0 amide bonds. The Morgan fingerprint density at radius 2 is 2.11 bits per heavy atom. The molecule has 0 atom stereocenters. The smallest absolute Gasteiger partial charge is 0.0670 e. The molecule has 1 aliphatic rings. The van der Waals surface area contributed by atoms with Crippen molar-refractivity contribution in [1.82, 2.24) is 4.57 Å². The second-order valence-corrected chi connectivity index (χ2v) is 5.79. The fraction of sp³-hybridized carbons (Fsp3) is 0.467. The van der Waals surface area contributed by atoms with Gasteiger partial charge in [0.1, 0.15) is 0 Å². The molecule has 4 heteroatoms. The van der Waals surface area contributed by atoms with E-state index in [2.05, 4.69) is 16.8 Å². The maximum absolute atomic E-state index is 6.33. The predicted octanol–water partition coefficient (Wildman–Crippen LogP) is 2.84. The minimum atomic E-state index is 0.0302. The highest BCUT2D eigenvalue weighted by Crippen LogP contribution is 2.40. The average Bonchev–Trinajstić information content (AvgIpc) is 2.79. The quantitative estimate of drug-likeness (QED) is 0.918. The van der Waals surface area contributed by atoms with Gasteiger partial charge < -0.3 is 15.0 Å². The van der Waals surface area contributed by atoms with Crippen LogP contribution in [-0.2, 0) is 17.2 Å². The lowest BCUT2D eigenvalue weighted by molar-refractivity contribution is 0.0534. The van der Waals surface area contributed by atoms with Crippen molar-refractivity contribution < 1.29 is 4.74 Å². The molecule has 19 heavy (non-hydrogen) atoms. The SMILES string of the molecule is Cn1cc(C2(CN)CCOCC2)c2cccc(Cl)c21. The molecule has 1 aromatic heterocycles. The first-order valence-corrected chi connectivity index (χ1v) is 7.07. The first-order valence-electron chi connectivity index (χ1n) is 6.70. The first-order chi connectivity index (χ1) is 9.18. The summed E-state index contributed by atoms with van der Waals surface area (Å²) in [5.74, 6) is 0. The van der Waals surface area contributed by atoms with Crippen LogP contribution in [0.1, 0.15) is 18.4 Å². The average molecular weight is 279 g/mol. The highest BCUT2D eigenvalue weighted by molar-refractivity contribution is 6.35. The highest BCUT2D eigenvalue weighted by Gasteiger charge is 2.35. The lowest BCUT2D eigenvalue weighted by atomic mass is 9.74. The monoisotopic (exact) mass is 278 g/mol. The van der Waals surface area contributed by atoms with E-state index < -0.39 is 0 Å². The molecular formula is C15H19ClN2O. The van der Waals surface area contributed by atoms with Crippen molar-refractivity contribution in [3.8, 4) is 0 Å². The molecule has 2 N–H and O–H groups in total. The molecule has 2 heterocycles. The summed E-state index contributed by atoms with van der Waals surface area (Å²) < 4.78 is 7.61. The number of nitrogens with two attached hydrogens (primary N) is 1. The molecule has 3 nitrogen and oxygen atoms in total. The van der Waals surface area contributed by atoms with Crippen LogP contribution < -0.4 is 5.73 Å². The third kappa shape index (κ3) is 1.97. The zero-order valence-electron chi connectivity index (χ0n) is 11.2. The summed E-state index contributed by atoms with van der Waals surface area (Å²) in [6.07, 6.45) is 4.15. The summed E-state index contributed by atoms with van der Waals surface area (Å²) in [5.41, 5.74) is 8.55. The number of hydrogen-bond acceptors (Lipinski definition) is 2. The van der Waals surface area contributed by atoms with E-state index in [-0.39, 0.29) is 5.41 Å². The van der Waals surface area contributed by atoms with E-state index in [1.165, 1.54) is 10.9 Å². The van der Waals surface area contributed by atoms with Gasteiger partial charge in [0.05, 0.1) is 10.5 Å². The van der Waals surface area contributed by atoms with Crippen molar-refractivity contribution in [2.24, 2.45) is 12.8 Å². The molecule has 1 aliphatic heterocycles. The number of halogens is 1. The van der Waals surface area contributed by atoms with Crippen LogP contribution in [-0.4, -0.2) is 24.3 Å². The molecule has 2 aromatic rings. The number of aromatic nitrogens is 1. The van der Waals surface area contributed by atoms with E-state index in [9.17, 15) is 0 Å². The molecule has 3 rings (SSSR count). The Labute approximate surface area is 118 Å². The number of para-hydroxylation sites is 1. The van der Waals surface area contributed by atoms with Gasteiger partial charge in [-0.2, -0.15) is 0 Å². The summed E-state index contributed by atoms with van der Waals surface area (Å²) >= 11 is 6.33. The molecule has 0 aliphatic carbocycles. The Hall–Kier alpha value is -1.03. The maximum atomic E-state index is 6.33. The molecular weight excluding hydrogens is 260 g/mol. The van der Waals surface area contributed by atoms with Crippen LogP contribution in [0, 0.1) is 0 Å². The minimum Gasteiger partial charge on any atom is -0.381 e. The zero-order chi connectivity index (χ0) is 13.5. The Balaban J connectivity index is 2.22. The zero-order valence-corrected chi connectivity index (χ0v) is 11.9. The molecule has 0 radical (unpaired) electrons. The van der Waals surface area contributed by atoms with E-state index in [1.807, 2.05) is 19.2 Å². The molecule has 1 saturated heterocycles. The Morgan fingerprint density at radius 3 is 2.79 bits per heavy atom. The standard InChI is InChI=1S/C15H19ClN2O/c1-18-9-12(11-3-2-4-13(16)14(11)18)15(10-17)5-7-19-8-6-15/h2-4,9H,5-8,10,17H2,1H3. The Bertz CT molecular complexity index is 599. The van der Waals surface area contributed by atoms with Gasteiger partial charge in [-0.1, -0.05) is 23.7 Å². The van der Waals surface area contributed by atoms with E-state index in [0.717, 1.165) is 36.6 Å². The second-order valence-electron chi connectivity index (χ2n) is 5.39. The topological polar surface area (TPSA) is 40.2 Å². The van der Waals surface area contributed by atoms with Gasteiger partial charge in [-0.25, -0.2) is 0 Å². The fourth-order valence-electron chi connectivity index (χ4n) is 3.19. The summed E-state index contributed by atoms with van der Waals surface area (Å²) in [5, 5.41) is 2.02. The van der Waals surface area contributed by atoms with Gasteiger partial charge in [0.25, 0.3) is 0 Å². The molecule has 102 valence electrons. The van der Waals surface area contributed by atoms with Crippen molar-refractivity contribution in [2.45, 2.75) is 18.3 Å². The minimum absolute atomic E-state index is 0.0302. The molecule has 1 aromatic carbocycles. The number of hydrogen-bond donors (Lipinski definition) is 1. The summed E-state index contributed by atoms with van der Waals surface area (Å²) in [6, 6.07) is 6.09. The van der Waals surface area contributed by atoms with Gasteiger partial charge in [0.15, 0.2) is 0 Å². The summed E-state index contributed by atoms with van der Waals surface area (Å²) in [4.78, 5) is 0. The van der Waals surface area contributed by atoms with Crippen LogP contribution in [0.4, 0.5) is 0 Å². The van der Waals surface area contributed by atoms with Crippen molar-refractivity contribution >= 4 is 22.5 Å².